The molecule has 0 rings (SSSR count). The fourth-order valence-electron chi connectivity index (χ4n) is 6.13. The summed E-state index contributed by atoms with van der Waals surface area (Å²) >= 11 is 0. The summed E-state index contributed by atoms with van der Waals surface area (Å²) in [7, 11) is -4.61. The largest absolute Gasteiger partial charge is 0.480 e. The number of carbonyl (C=O) groups is 2. The van der Waals surface area contributed by atoms with Crippen LogP contribution in [0.4, 0.5) is 0 Å². The summed E-state index contributed by atoms with van der Waals surface area (Å²) in [5.74, 6) is -1.78. The minimum absolute atomic E-state index is 0.0193. The van der Waals surface area contributed by atoms with Crippen molar-refractivity contribution < 1.29 is 42.7 Å². The zero-order valence-electron chi connectivity index (χ0n) is 34.1. The first-order chi connectivity index (χ1) is 25.7. The smallest absolute Gasteiger partial charge is 0.472 e. The molecule has 0 aromatic carbocycles. The van der Waals surface area contributed by atoms with E-state index in [1.54, 1.807) is 0 Å². The summed E-state index contributed by atoms with van der Waals surface area (Å²) in [5.41, 5.74) is 5.35. The van der Waals surface area contributed by atoms with Crippen LogP contribution in [0.1, 0.15) is 206 Å². The lowest BCUT2D eigenvalue weighted by Crippen LogP contribution is -2.34. The first kappa shape index (κ1) is 51.7. The van der Waals surface area contributed by atoms with Gasteiger partial charge in [-0.15, -0.1) is 0 Å². The predicted octanol–water partition coefficient (Wildman–Crippen LogP) is 11.8. The molecule has 0 saturated heterocycles. The van der Waals surface area contributed by atoms with Crippen molar-refractivity contribution in [1.82, 2.24) is 0 Å². The highest BCUT2D eigenvalue weighted by Crippen LogP contribution is 2.43. The van der Waals surface area contributed by atoms with Crippen LogP contribution in [0.25, 0.3) is 0 Å². The molecule has 0 heterocycles. The van der Waals surface area contributed by atoms with E-state index in [0.29, 0.717) is 13.0 Å². The van der Waals surface area contributed by atoms with Crippen LogP contribution in [0.15, 0.2) is 12.2 Å². The number of rotatable bonds is 42. The molecule has 0 aliphatic carbocycles. The molecule has 0 bridgehead atoms. The molecule has 0 amide bonds. The SMILES string of the molecule is CCCCCCCCC/C=C\CCCCCCCC(=O)OC(COCCCCCCCCCCCCCCCCC)COP(=O)(O)OCC(N)C(=O)O. The van der Waals surface area contributed by atoms with E-state index >= 15 is 0 Å². The predicted molar refractivity (Wildman–Crippen MR) is 217 cm³/mol. The Hall–Kier alpha value is -1.29. The summed E-state index contributed by atoms with van der Waals surface area (Å²) in [6.45, 7) is 3.90. The maximum Gasteiger partial charge on any atom is 0.472 e. The van der Waals surface area contributed by atoms with E-state index < -0.39 is 45.1 Å². The van der Waals surface area contributed by atoms with Gasteiger partial charge in [-0.3, -0.25) is 18.6 Å². The van der Waals surface area contributed by atoms with Gasteiger partial charge in [-0.2, -0.15) is 0 Å². The normalized spacial score (nSPS) is 14.0. The van der Waals surface area contributed by atoms with Crippen molar-refractivity contribution in [1.29, 1.82) is 0 Å². The van der Waals surface area contributed by atoms with Crippen LogP contribution >= 0.6 is 7.82 Å². The Kier molecular flexibility index (Phi) is 38.0. The standard InChI is InChI=1S/C42H82NO9P/c1-3-5-7-9-11-13-15-17-19-20-22-24-26-28-30-32-34-41(44)52-39(37-50-53(47,48)51-38-40(43)42(45)46)36-49-35-33-31-29-27-25-23-21-18-16-14-12-10-8-6-4-2/h19-20,39-40H,3-18,21-38,43H2,1-2H3,(H,45,46)(H,47,48)/b20-19-. The van der Waals surface area contributed by atoms with Crippen LogP contribution in [0.3, 0.4) is 0 Å². The maximum atomic E-state index is 12.6. The van der Waals surface area contributed by atoms with Crippen molar-refractivity contribution in [3.8, 4) is 0 Å². The number of nitrogens with two attached hydrogens (primary N) is 1. The van der Waals surface area contributed by atoms with Gasteiger partial charge < -0.3 is 25.2 Å². The molecule has 10 nitrogen and oxygen atoms in total. The van der Waals surface area contributed by atoms with Gasteiger partial charge in [0.2, 0.25) is 0 Å². The molecule has 0 spiro atoms. The van der Waals surface area contributed by atoms with E-state index in [0.717, 1.165) is 51.4 Å². The second-order valence-electron chi connectivity index (χ2n) is 14.8. The quantitative estimate of drug-likeness (QED) is 0.0236. The number of unbranched alkanes of at least 4 members (excludes halogenated alkanes) is 26. The minimum atomic E-state index is -4.61. The van der Waals surface area contributed by atoms with Crippen LogP contribution in [0.5, 0.6) is 0 Å². The number of carbonyl (C=O) groups excluding carboxylic acids is 1. The van der Waals surface area contributed by atoms with Gasteiger partial charge in [0.1, 0.15) is 12.1 Å². The summed E-state index contributed by atoms with van der Waals surface area (Å²) in [6.07, 6.45) is 39.7. The fraction of sp³-hybridized carbons (Fsp3) is 0.905. The third kappa shape index (κ3) is 38.8. The molecule has 0 aliphatic heterocycles. The Balaban J connectivity index is 4.23. The van der Waals surface area contributed by atoms with Crippen LogP contribution in [-0.4, -0.2) is 60.5 Å². The lowest BCUT2D eigenvalue weighted by molar-refractivity contribution is -0.154. The van der Waals surface area contributed by atoms with Gasteiger partial charge in [0.25, 0.3) is 0 Å². The van der Waals surface area contributed by atoms with E-state index in [1.165, 1.54) is 128 Å². The number of carboxylic acid groups (broad SMARTS) is 1. The first-order valence-electron chi connectivity index (χ1n) is 21.7. The summed E-state index contributed by atoms with van der Waals surface area (Å²) < 4.78 is 33.3. The zero-order chi connectivity index (χ0) is 39.1. The highest BCUT2D eigenvalue weighted by Gasteiger charge is 2.27. The molecule has 0 aromatic rings. The van der Waals surface area contributed by atoms with Crippen LogP contribution in [0.2, 0.25) is 0 Å². The highest BCUT2D eigenvalue weighted by molar-refractivity contribution is 7.47. The number of phosphoric acid groups is 1. The third-order valence-corrected chi connectivity index (χ3v) is 10.5. The van der Waals surface area contributed by atoms with Crippen LogP contribution in [0, 0.1) is 0 Å². The molecule has 0 saturated carbocycles. The summed E-state index contributed by atoms with van der Waals surface area (Å²) in [6, 6.07) is -1.47. The molecular formula is C42H82NO9P. The molecule has 11 heteroatoms. The molecule has 3 unspecified atom stereocenters. The topological polar surface area (TPSA) is 155 Å². The molecule has 4 N–H and O–H groups in total. The number of esters is 1. The van der Waals surface area contributed by atoms with Crippen molar-refractivity contribution >= 4 is 19.8 Å². The lowest BCUT2D eigenvalue weighted by Gasteiger charge is -2.20. The zero-order valence-corrected chi connectivity index (χ0v) is 35.0. The Labute approximate surface area is 324 Å². The Morgan fingerprint density at radius 1 is 0.585 bits per heavy atom. The van der Waals surface area contributed by atoms with E-state index in [9.17, 15) is 19.0 Å². The van der Waals surface area contributed by atoms with Gasteiger partial charge in [0, 0.05) is 13.0 Å². The number of aliphatic carboxylic acids is 1. The highest BCUT2D eigenvalue weighted by atomic mass is 31.2. The van der Waals surface area contributed by atoms with E-state index in [1.807, 2.05) is 0 Å². The Bertz CT molecular complexity index is 904. The fourth-order valence-corrected chi connectivity index (χ4v) is 6.91. The average Bonchev–Trinajstić information content (AvgIpc) is 3.13. The van der Waals surface area contributed by atoms with E-state index in [4.69, 9.17) is 29.4 Å². The second kappa shape index (κ2) is 39.0. The van der Waals surface area contributed by atoms with E-state index in [2.05, 4.69) is 26.0 Å². The summed E-state index contributed by atoms with van der Waals surface area (Å²) in [4.78, 5) is 33.5. The molecule has 0 aliphatic rings. The van der Waals surface area contributed by atoms with Crippen molar-refractivity contribution in [2.24, 2.45) is 5.73 Å². The van der Waals surface area contributed by atoms with Gasteiger partial charge in [-0.1, -0.05) is 174 Å². The van der Waals surface area contributed by atoms with Crippen LogP contribution < -0.4 is 5.73 Å². The molecule has 0 radical (unpaired) electrons. The Morgan fingerprint density at radius 2 is 0.981 bits per heavy atom. The minimum Gasteiger partial charge on any atom is -0.480 e. The van der Waals surface area contributed by atoms with Gasteiger partial charge in [0.05, 0.1) is 19.8 Å². The number of ether oxygens (including phenoxy) is 2. The van der Waals surface area contributed by atoms with Crippen molar-refractivity contribution in [3.05, 3.63) is 12.2 Å². The molecule has 0 aromatic heterocycles. The second-order valence-corrected chi connectivity index (χ2v) is 16.3. The molecule has 314 valence electrons. The number of allylic oxidation sites excluding steroid dienone is 2. The molecule has 53 heavy (non-hydrogen) atoms. The van der Waals surface area contributed by atoms with Crippen molar-refractivity contribution in [3.63, 3.8) is 0 Å². The van der Waals surface area contributed by atoms with Crippen molar-refractivity contribution in [2.45, 2.75) is 219 Å². The molecule has 0 fully saturated rings. The van der Waals surface area contributed by atoms with Gasteiger partial charge in [-0.05, 0) is 38.5 Å². The van der Waals surface area contributed by atoms with Crippen molar-refractivity contribution in [2.75, 3.05) is 26.4 Å². The summed E-state index contributed by atoms with van der Waals surface area (Å²) in [5, 5.41) is 8.89. The number of hydrogen-bond donors (Lipinski definition) is 3. The monoisotopic (exact) mass is 776 g/mol. The maximum absolute atomic E-state index is 12.6. The van der Waals surface area contributed by atoms with Crippen LogP contribution in [-0.2, 0) is 32.7 Å². The lowest BCUT2D eigenvalue weighted by atomic mass is 10.0. The number of hydrogen-bond acceptors (Lipinski definition) is 8. The number of carboxylic acids is 1. The average molecular weight is 776 g/mol. The van der Waals surface area contributed by atoms with Gasteiger partial charge >= 0.3 is 19.8 Å². The number of phosphoric ester groups is 1. The van der Waals surface area contributed by atoms with Gasteiger partial charge in [0.15, 0.2) is 0 Å². The third-order valence-electron chi connectivity index (χ3n) is 9.54. The van der Waals surface area contributed by atoms with E-state index in [-0.39, 0.29) is 13.0 Å². The molecular weight excluding hydrogens is 693 g/mol. The van der Waals surface area contributed by atoms with Gasteiger partial charge in [-0.25, -0.2) is 4.57 Å². The molecule has 3 atom stereocenters. The first-order valence-corrected chi connectivity index (χ1v) is 23.2. The Morgan fingerprint density at radius 3 is 1.43 bits per heavy atom.